The van der Waals surface area contributed by atoms with Crippen molar-refractivity contribution in [2.24, 2.45) is 0 Å². The van der Waals surface area contributed by atoms with Gasteiger partial charge in [-0.05, 0) is 25.8 Å². The molecule has 1 aromatic rings. The summed E-state index contributed by atoms with van der Waals surface area (Å²) >= 11 is 1.71. The maximum absolute atomic E-state index is 4.57. The molecule has 0 spiro atoms. The first kappa shape index (κ1) is 9.93. The lowest BCUT2D eigenvalue weighted by Crippen LogP contribution is -2.13. The van der Waals surface area contributed by atoms with E-state index >= 15 is 0 Å². The first-order chi connectivity index (χ1) is 6.90. The van der Waals surface area contributed by atoms with Crippen LogP contribution in [-0.4, -0.2) is 18.1 Å². The number of rotatable bonds is 4. The van der Waals surface area contributed by atoms with E-state index in [1.54, 1.807) is 11.3 Å². The number of nitrogens with zero attached hydrogens (tertiary/aromatic N) is 1. The highest BCUT2D eigenvalue weighted by atomic mass is 32.1. The molecule has 1 saturated heterocycles. The highest BCUT2D eigenvalue weighted by molar-refractivity contribution is 7.13. The number of thiazole rings is 1. The summed E-state index contributed by atoms with van der Waals surface area (Å²) in [6, 6.07) is 0.503. The summed E-state index contributed by atoms with van der Waals surface area (Å²) in [4.78, 5) is 4.57. The van der Waals surface area contributed by atoms with Crippen molar-refractivity contribution in [2.75, 3.05) is 18.4 Å². The molecule has 1 aliphatic rings. The molecule has 78 valence electrons. The van der Waals surface area contributed by atoms with Crippen LogP contribution in [0.5, 0.6) is 0 Å². The Morgan fingerprint density at radius 3 is 3.36 bits per heavy atom. The van der Waals surface area contributed by atoms with Crippen LogP contribution in [0, 0.1) is 0 Å². The molecule has 0 bridgehead atoms. The van der Waals surface area contributed by atoms with E-state index in [2.05, 4.69) is 27.9 Å². The maximum atomic E-state index is 4.57. The fourth-order valence-corrected chi connectivity index (χ4v) is 2.49. The average molecular weight is 211 g/mol. The summed E-state index contributed by atoms with van der Waals surface area (Å²) in [5.41, 5.74) is 1.21. The Bertz CT molecular complexity index is 279. The quantitative estimate of drug-likeness (QED) is 0.803. The fraction of sp³-hybridized carbons (Fsp3) is 0.700. The highest BCUT2D eigenvalue weighted by Gasteiger charge is 2.18. The van der Waals surface area contributed by atoms with Crippen molar-refractivity contribution in [2.45, 2.75) is 32.2 Å². The zero-order valence-electron chi connectivity index (χ0n) is 8.55. The van der Waals surface area contributed by atoms with Crippen molar-refractivity contribution in [3.63, 3.8) is 0 Å². The Labute approximate surface area is 88.9 Å². The van der Waals surface area contributed by atoms with Gasteiger partial charge in [0.25, 0.3) is 0 Å². The Kier molecular flexibility index (Phi) is 3.37. The van der Waals surface area contributed by atoms with E-state index in [0.29, 0.717) is 6.04 Å². The van der Waals surface area contributed by atoms with Crippen LogP contribution in [0.2, 0.25) is 0 Å². The smallest absolute Gasteiger partial charge is 0.182 e. The Balaban J connectivity index is 1.94. The summed E-state index contributed by atoms with van der Waals surface area (Å²) in [5, 5.41) is 10.0. The second-order valence-corrected chi connectivity index (χ2v) is 4.51. The Hall–Kier alpha value is -0.610. The minimum Gasteiger partial charge on any atom is -0.362 e. The average Bonchev–Trinajstić information content (AvgIpc) is 2.85. The molecular formula is C10H17N3S. The van der Waals surface area contributed by atoms with Gasteiger partial charge in [-0.25, -0.2) is 4.98 Å². The minimum atomic E-state index is 0.503. The fourth-order valence-electron chi connectivity index (χ4n) is 1.70. The van der Waals surface area contributed by atoms with Gasteiger partial charge in [-0.3, -0.25) is 0 Å². The standard InChI is InChI=1S/C10H17N3S/c1-2-5-12-10-13-9(7-14-10)8-4-3-6-11-8/h7-8,11H,2-6H2,1H3,(H,12,13). The number of nitrogens with one attached hydrogen (secondary N) is 2. The molecule has 2 rings (SSSR count). The molecule has 0 aromatic carbocycles. The molecule has 4 heteroatoms. The van der Waals surface area contributed by atoms with Crippen LogP contribution in [0.3, 0.4) is 0 Å². The third-order valence-electron chi connectivity index (χ3n) is 2.47. The summed E-state index contributed by atoms with van der Waals surface area (Å²) < 4.78 is 0. The lowest BCUT2D eigenvalue weighted by atomic mass is 10.2. The Morgan fingerprint density at radius 2 is 2.64 bits per heavy atom. The molecule has 1 fully saturated rings. The lowest BCUT2D eigenvalue weighted by Gasteiger charge is -2.05. The van der Waals surface area contributed by atoms with Crippen LogP contribution in [0.15, 0.2) is 5.38 Å². The molecule has 2 N–H and O–H groups in total. The van der Waals surface area contributed by atoms with Crippen LogP contribution in [0.25, 0.3) is 0 Å². The maximum Gasteiger partial charge on any atom is 0.182 e. The molecule has 0 radical (unpaired) electrons. The first-order valence-electron chi connectivity index (χ1n) is 5.33. The van der Waals surface area contributed by atoms with Crippen molar-refractivity contribution < 1.29 is 0 Å². The zero-order chi connectivity index (χ0) is 9.80. The van der Waals surface area contributed by atoms with Gasteiger partial charge in [0.05, 0.1) is 11.7 Å². The topological polar surface area (TPSA) is 37.0 Å². The van der Waals surface area contributed by atoms with Gasteiger partial charge in [-0.15, -0.1) is 11.3 Å². The Morgan fingerprint density at radius 1 is 1.71 bits per heavy atom. The van der Waals surface area contributed by atoms with E-state index in [1.165, 1.54) is 18.5 Å². The monoisotopic (exact) mass is 211 g/mol. The predicted octanol–water partition coefficient (Wildman–Crippen LogP) is 2.39. The minimum absolute atomic E-state index is 0.503. The number of hydrogen-bond acceptors (Lipinski definition) is 4. The van der Waals surface area contributed by atoms with E-state index in [4.69, 9.17) is 0 Å². The van der Waals surface area contributed by atoms with E-state index < -0.39 is 0 Å². The summed E-state index contributed by atoms with van der Waals surface area (Å²) in [6.45, 7) is 4.32. The first-order valence-corrected chi connectivity index (χ1v) is 6.21. The number of anilines is 1. The molecule has 1 atom stereocenters. The van der Waals surface area contributed by atoms with Crippen LogP contribution < -0.4 is 10.6 Å². The summed E-state index contributed by atoms with van der Waals surface area (Å²) in [5.74, 6) is 0. The van der Waals surface area contributed by atoms with Crippen LogP contribution in [-0.2, 0) is 0 Å². The van der Waals surface area contributed by atoms with Gasteiger partial charge in [-0.1, -0.05) is 6.92 Å². The van der Waals surface area contributed by atoms with Crippen molar-refractivity contribution in [1.82, 2.24) is 10.3 Å². The van der Waals surface area contributed by atoms with Crippen molar-refractivity contribution >= 4 is 16.5 Å². The largest absolute Gasteiger partial charge is 0.362 e. The van der Waals surface area contributed by atoms with Crippen molar-refractivity contribution in [1.29, 1.82) is 0 Å². The third kappa shape index (κ3) is 2.25. The predicted molar refractivity (Wildman–Crippen MR) is 60.9 cm³/mol. The molecule has 14 heavy (non-hydrogen) atoms. The van der Waals surface area contributed by atoms with Crippen molar-refractivity contribution in [3.8, 4) is 0 Å². The zero-order valence-corrected chi connectivity index (χ0v) is 9.36. The number of aromatic nitrogens is 1. The van der Waals surface area contributed by atoms with Gasteiger partial charge in [0.1, 0.15) is 0 Å². The van der Waals surface area contributed by atoms with Crippen molar-refractivity contribution in [3.05, 3.63) is 11.1 Å². The molecule has 0 aliphatic carbocycles. The molecular weight excluding hydrogens is 194 g/mol. The number of hydrogen-bond donors (Lipinski definition) is 2. The lowest BCUT2D eigenvalue weighted by molar-refractivity contribution is 0.632. The molecule has 1 unspecified atom stereocenters. The van der Waals surface area contributed by atoms with E-state index in [0.717, 1.165) is 24.6 Å². The molecule has 0 saturated carbocycles. The normalized spacial score (nSPS) is 21.4. The van der Waals surface area contributed by atoms with Gasteiger partial charge in [0.2, 0.25) is 0 Å². The van der Waals surface area contributed by atoms with Gasteiger partial charge < -0.3 is 10.6 Å². The molecule has 1 aliphatic heterocycles. The summed E-state index contributed by atoms with van der Waals surface area (Å²) in [6.07, 6.45) is 3.66. The SMILES string of the molecule is CCCNc1nc(C2CCCN2)cs1. The highest BCUT2D eigenvalue weighted by Crippen LogP contribution is 2.26. The van der Waals surface area contributed by atoms with Crippen LogP contribution in [0.1, 0.15) is 37.9 Å². The van der Waals surface area contributed by atoms with Crippen LogP contribution in [0.4, 0.5) is 5.13 Å². The van der Waals surface area contributed by atoms with E-state index in [1.807, 2.05) is 0 Å². The third-order valence-corrected chi connectivity index (χ3v) is 3.28. The second-order valence-electron chi connectivity index (χ2n) is 3.65. The molecule has 0 amide bonds. The van der Waals surface area contributed by atoms with Gasteiger partial charge in [-0.2, -0.15) is 0 Å². The molecule has 3 nitrogen and oxygen atoms in total. The summed E-state index contributed by atoms with van der Waals surface area (Å²) in [7, 11) is 0. The van der Waals surface area contributed by atoms with Gasteiger partial charge in [0, 0.05) is 11.9 Å². The molecule has 1 aromatic heterocycles. The van der Waals surface area contributed by atoms with E-state index in [-0.39, 0.29) is 0 Å². The molecule has 2 heterocycles. The second kappa shape index (κ2) is 4.75. The van der Waals surface area contributed by atoms with Gasteiger partial charge in [0.15, 0.2) is 5.13 Å². The van der Waals surface area contributed by atoms with E-state index in [9.17, 15) is 0 Å². The van der Waals surface area contributed by atoms with Crippen LogP contribution >= 0.6 is 11.3 Å². The van der Waals surface area contributed by atoms with Gasteiger partial charge >= 0.3 is 0 Å².